The first-order valence-corrected chi connectivity index (χ1v) is 8.40. The van der Waals surface area contributed by atoms with Crippen LogP contribution in [0.5, 0.6) is 0 Å². The van der Waals surface area contributed by atoms with Crippen LogP contribution in [0.2, 0.25) is 0 Å². The van der Waals surface area contributed by atoms with Gasteiger partial charge in [-0.2, -0.15) is 4.98 Å². The minimum atomic E-state index is 0.182. The molecule has 1 aliphatic heterocycles. The molecule has 124 valence electrons. The van der Waals surface area contributed by atoms with Gasteiger partial charge in [-0.05, 0) is 25.1 Å². The van der Waals surface area contributed by atoms with Gasteiger partial charge in [-0.3, -0.25) is 0 Å². The maximum absolute atomic E-state index is 8.98. The van der Waals surface area contributed by atoms with Gasteiger partial charge in [0.1, 0.15) is 5.82 Å². The summed E-state index contributed by atoms with van der Waals surface area (Å²) in [6.45, 7) is 8.22. The fourth-order valence-corrected chi connectivity index (χ4v) is 2.89. The van der Waals surface area contributed by atoms with E-state index in [0.29, 0.717) is 13.0 Å². The Hall–Kier alpha value is -1.92. The standard InChI is InChI=1S/C17H25N5O/c1-2-21-9-11-22(12-10-21)17-19-15-7-4-3-6-14(15)16(20-17)18-8-5-13-23/h3-4,6-7,23H,2,5,8-13H2,1H3,(H,18,19,20). The number of rotatable bonds is 6. The van der Waals surface area contributed by atoms with Crippen LogP contribution in [0, 0.1) is 0 Å². The summed E-state index contributed by atoms with van der Waals surface area (Å²) in [6, 6.07) is 8.07. The number of nitrogens with one attached hydrogen (secondary N) is 1. The maximum Gasteiger partial charge on any atom is 0.227 e. The lowest BCUT2D eigenvalue weighted by atomic mass is 10.2. The van der Waals surface area contributed by atoms with Crippen LogP contribution in [0.1, 0.15) is 13.3 Å². The molecule has 0 radical (unpaired) electrons. The van der Waals surface area contributed by atoms with Gasteiger partial charge in [0.05, 0.1) is 5.52 Å². The zero-order chi connectivity index (χ0) is 16.1. The van der Waals surface area contributed by atoms with E-state index in [0.717, 1.165) is 55.4 Å². The Morgan fingerprint density at radius 1 is 1.13 bits per heavy atom. The van der Waals surface area contributed by atoms with E-state index >= 15 is 0 Å². The molecular weight excluding hydrogens is 290 g/mol. The molecule has 6 nitrogen and oxygen atoms in total. The van der Waals surface area contributed by atoms with Gasteiger partial charge in [0.25, 0.3) is 0 Å². The van der Waals surface area contributed by atoms with E-state index in [9.17, 15) is 0 Å². The molecule has 1 fully saturated rings. The van der Waals surface area contributed by atoms with Crippen LogP contribution in [-0.2, 0) is 0 Å². The second-order valence-corrected chi connectivity index (χ2v) is 5.81. The van der Waals surface area contributed by atoms with Crippen LogP contribution >= 0.6 is 0 Å². The van der Waals surface area contributed by atoms with Crippen LogP contribution in [0.15, 0.2) is 24.3 Å². The lowest BCUT2D eigenvalue weighted by Gasteiger charge is -2.34. The van der Waals surface area contributed by atoms with Crippen molar-refractivity contribution in [1.29, 1.82) is 0 Å². The first-order valence-electron chi connectivity index (χ1n) is 8.40. The summed E-state index contributed by atoms with van der Waals surface area (Å²) in [6.07, 6.45) is 0.711. The Balaban J connectivity index is 1.85. The van der Waals surface area contributed by atoms with Crippen LogP contribution in [0.25, 0.3) is 10.9 Å². The Labute approximate surface area is 137 Å². The van der Waals surface area contributed by atoms with E-state index in [1.807, 2.05) is 24.3 Å². The molecule has 2 N–H and O–H groups in total. The minimum absolute atomic E-state index is 0.182. The van der Waals surface area contributed by atoms with Crippen molar-refractivity contribution in [2.45, 2.75) is 13.3 Å². The van der Waals surface area contributed by atoms with Crippen molar-refractivity contribution in [2.75, 3.05) is 56.1 Å². The molecule has 1 aliphatic rings. The molecule has 1 aromatic carbocycles. The number of fused-ring (bicyclic) bond motifs is 1. The Morgan fingerprint density at radius 3 is 2.65 bits per heavy atom. The number of benzene rings is 1. The molecule has 2 aromatic rings. The molecule has 0 bridgehead atoms. The Morgan fingerprint density at radius 2 is 1.91 bits per heavy atom. The van der Waals surface area contributed by atoms with Crippen molar-refractivity contribution < 1.29 is 5.11 Å². The number of aliphatic hydroxyl groups is 1. The minimum Gasteiger partial charge on any atom is -0.396 e. The maximum atomic E-state index is 8.98. The topological polar surface area (TPSA) is 64.5 Å². The third-order valence-corrected chi connectivity index (χ3v) is 4.32. The summed E-state index contributed by atoms with van der Waals surface area (Å²) in [7, 11) is 0. The normalized spacial score (nSPS) is 16.0. The number of aliphatic hydroxyl groups excluding tert-OH is 1. The molecule has 1 saturated heterocycles. The van der Waals surface area contributed by atoms with Crippen molar-refractivity contribution >= 4 is 22.7 Å². The molecular formula is C17H25N5O. The molecule has 0 amide bonds. The summed E-state index contributed by atoms with van der Waals surface area (Å²) in [5, 5.41) is 13.3. The van der Waals surface area contributed by atoms with Gasteiger partial charge < -0.3 is 20.2 Å². The molecule has 0 saturated carbocycles. The van der Waals surface area contributed by atoms with Gasteiger partial charge in [-0.25, -0.2) is 4.98 Å². The summed E-state index contributed by atoms with van der Waals surface area (Å²) >= 11 is 0. The van der Waals surface area contributed by atoms with E-state index in [1.165, 1.54) is 0 Å². The number of aromatic nitrogens is 2. The van der Waals surface area contributed by atoms with Gasteiger partial charge in [-0.1, -0.05) is 19.1 Å². The highest BCUT2D eigenvalue weighted by molar-refractivity contribution is 5.90. The van der Waals surface area contributed by atoms with Gasteiger partial charge >= 0.3 is 0 Å². The number of piperazine rings is 1. The molecule has 0 atom stereocenters. The molecule has 6 heteroatoms. The van der Waals surface area contributed by atoms with E-state index in [4.69, 9.17) is 15.1 Å². The predicted molar refractivity (Wildman–Crippen MR) is 94.1 cm³/mol. The quantitative estimate of drug-likeness (QED) is 0.789. The molecule has 2 heterocycles. The fraction of sp³-hybridized carbons (Fsp3) is 0.529. The van der Waals surface area contributed by atoms with Crippen molar-refractivity contribution in [3.05, 3.63) is 24.3 Å². The number of nitrogens with zero attached hydrogens (tertiary/aromatic N) is 4. The fourth-order valence-electron chi connectivity index (χ4n) is 2.89. The van der Waals surface area contributed by atoms with Gasteiger partial charge in [0.2, 0.25) is 5.95 Å². The smallest absolute Gasteiger partial charge is 0.227 e. The molecule has 0 aliphatic carbocycles. The second-order valence-electron chi connectivity index (χ2n) is 5.81. The third-order valence-electron chi connectivity index (χ3n) is 4.32. The molecule has 23 heavy (non-hydrogen) atoms. The largest absolute Gasteiger partial charge is 0.396 e. The zero-order valence-corrected chi connectivity index (χ0v) is 13.7. The van der Waals surface area contributed by atoms with E-state index < -0.39 is 0 Å². The number of anilines is 2. The van der Waals surface area contributed by atoms with Crippen LogP contribution in [0.3, 0.4) is 0 Å². The number of hydrogen-bond acceptors (Lipinski definition) is 6. The summed E-state index contributed by atoms with van der Waals surface area (Å²) < 4.78 is 0. The van der Waals surface area contributed by atoms with Crippen molar-refractivity contribution in [3.8, 4) is 0 Å². The lowest BCUT2D eigenvalue weighted by molar-refractivity contribution is 0.270. The average molecular weight is 315 g/mol. The zero-order valence-electron chi connectivity index (χ0n) is 13.7. The second kappa shape index (κ2) is 7.57. The monoisotopic (exact) mass is 315 g/mol. The Kier molecular flexibility index (Phi) is 5.25. The van der Waals surface area contributed by atoms with Crippen LogP contribution in [0.4, 0.5) is 11.8 Å². The number of hydrogen-bond donors (Lipinski definition) is 2. The average Bonchev–Trinajstić information content (AvgIpc) is 2.62. The highest BCUT2D eigenvalue weighted by Gasteiger charge is 2.19. The SMILES string of the molecule is CCN1CCN(c2nc(NCCCO)c3ccccc3n2)CC1. The van der Waals surface area contributed by atoms with Crippen molar-refractivity contribution in [3.63, 3.8) is 0 Å². The van der Waals surface area contributed by atoms with Gasteiger partial charge in [0.15, 0.2) is 0 Å². The van der Waals surface area contributed by atoms with Crippen molar-refractivity contribution in [1.82, 2.24) is 14.9 Å². The highest BCUT2D eigenvalue weighted by atomic mass is 16.3. The van der Waals surface area contributed by atoms with Gasteiger partial charge in [-0.15, -0.1) is 0 Å². The highest BCUT2D eigenvalue weighted by Crippen LogP contribution is 2.24. The molecule has 0 spiro atoms. The van der Waals surface area contributed by atoms with E-state index in [1.54, 1.807) is 0 Å². The summed E-state index contributed by atoms with van der Waals surface area (Å²) in [5.74, 6) is 1.66. The van der Waals surface area contributed by atoms with E-state index in [-0.39, 0.29) is 6.61 Å². The van der Waals surface area contributed by atoms with Crippen LogP contribution in [-0.4, -0.2) is 65.8 Å². The third kappa shape index (κ3) is 3.71. The first-order chi connectivity index (χ1) is 11.3. The Bertz CT molecular complexity index is 640. The number of likely N-dealkylation sites (N-methyl/N-ethyl adjacent to an activating group) is 1. The van der Waals surface area contributed by atoms with Crippen LogP contribution < -0.4 is 10.2 Å². The van der Waals surface area contributed by atoms with E-state index in [2.05, 4.69) is 22.0 Å². The summed E-state index contributed by atoms with van der Waals surface area (Å²) in [4.78, 5) is 14.2. The molecule has 3 rings (SSSR count). The first kappa shape index (κ1) is 16.0. The summed E-state index contributed by atoms with van der Waals surface area (Å²) in [5.41, 5.74) is 0.960. The number of para-hydroxylation sites is 1. The lowest BCUT2D eigenvalue weighted by Crippen LogP contribution is -2.46. The van der Waals surface area contributed by atoms with Crippen molar-refractivity contribution in [2.24, 2.45) is 0 Å². The molecule has 1 aromatic heterocycles. The van der Waals surface area contributed by atoms with Gasteiger partial charge in [0, 0.05) is 44.7 Å². The predicted octanol–water partition coefficient (Wildman–Crippen LogP) is 1.57. The molecule has 0 unspecified atom stereocenters.